The van der Waals surface area contributed by atoms with E-state index in [1.807, 2.05) is 0 Å². The van der Waals surface area contributed by atoms with E-state index in [4.69, 9.17) is 4.74 Å². The lowest BCUT2D eigenvalue weighted by atomic mass is 9.92. The molecule has 0 saturated carbocycles. The van der Waals surface area contributed by atoms with Gasteiger partial charge in [0, 0.05) is 44.9 Å². The van der Waals surface area contributed by atoms with Crippen molar-refractivity contribution in [2.45, 2.75) is 66.0 Å². The Labute approximate surface area is 126 Å². The van der Waals surface area contributed by atoms with E-state index in [1.165, 1.54) is 19.5 Å². The highest BCUT2D eigenvalue weighted by molar-refractivity contribution is 4.89. The van der Waals surface area contributed by atoms with Crippen LogP contribution in [0.15, 0.2) is 0 Å². The summed E-state index contributed by atoms with van der Waals surface area (Å²) in [7, 11) is 0. The molecule has 0 aromatic carbocycles. The van der Waals surface area contributed by atoms with E-state index in [0.29, 0.717) is 12.1 Å². The van der Waals surface area contributed by atoms with E-state index < -0.39 is 0 Å². The molecule has 0 spiro atoms. The molecule has 1 aliphatic rings. The van der Waals surface area contributed by atoms with Crippen LogP contribution in [-0.4, -0.2) is 49.8 Å². The molecule has 1 aliphatic heterocycles. The standard InChI is InChI=1S/C17H36N2O/c1-6-10-20-11-8-9-19-13-16(15(5)7-2)18-12-17(19)14(3)4/h14-18H,6-13H2,1-5H3. The second-order valence-electron chi connectivity index (χ2n) is 6.67. The van der Waals surface area contributed by atoms with Crippen LogP contribution in [-0.2, 0) is 4.74 Å². The molecule has 1 rings (SSSR count). The third-order valence-corrected chi connectivity index (χ3v) is 4.67. The summed E-state index contributed by atoms with van der Waals surface area (Å²) in [6.07, 6.45) is 3.55. The molecule has 0 amide bonds. The molecular formula is C17H36N2O. The van der Waals surface area contributed by atoms with Crippen molar-refractivity contribution >= 4 is 0 Å². The molecule has 1 heterocycles. The average Bonchev–Trinajstić information content (AvgIpc) is 2.45. The fourth-order valence-electron chi connectivity index (χ4n) is 3.05. The zero-order valence-corrected chi connectivity index (χ0v) is 14.3. The lowest BCUT2D eigenvalue weighted by molar-refractivity contribution is 0.0645. The van der Waals surface area contributed by atoms with Gasteiger partial charge >= 0.3 is 0 Å². The number of piperazine rings is 1. The maximum Gasteiger partial charge on any atom is 0.0478 e. The average molecular weight is 284 g/mol. The molecule has 0 radical (unpaired) electrons. The second-order valence-corrected chi connectivity index (χ2v) is 6.67. The summed E-state index contributed by atoms with van der Waals surface area (Å²) < 4.78 is 5.62. The zero-order chi connectivity index (χ0) is 15.0. The van der Waals surface area contributed by atoms with Crippen LogP contribution in [0.1, 0.15) is 53.9 Å². The highest BCUT2D eigenvalue weighted by atomic mass is 16.5. The molecule has 1 saturated heterocycles. The summed E-state index contributed by atoms with van der Waals surface area (Å²) in [5, 5.41) is 3.77. The monoisotopic (exact) mass is 284 g/mol. The van der Waals surface area contributed by atoms with E-state index in [0.717, 1.165) is 44.4 Å². The lowest BCUT2D eigenvalue weighted by Gasteiger charge is -2.44. The molecular weight excluding hydrogens is 248 g/mol. The van der Waals surface area contributed by atoms with E-state index in [9.17, 15) is 0 Å². The first-order valence-corrected chi connectivity index (χ1v) is 8.65. The molecule has 3 nitrogen and oxygen atoms in total. The first-order chi connectivity index (χ1) is 9.60. The van der Waals surface area contributed by atoms with Gasteiger partial charge in [0.15, 0.2) is 0 Å². The van der Waals surface area contributed by atoms with Crippen molar-refractivity contribution in [3.05, 3.63) is 0 Å². The minimum Gasteiger partial charge on any atom is -0.381 e. The van der Waals surface area contributed by atoms with Crippen LogP contribution in [0, 0.1) is 11.8 Å². The Bertz CT molecular complexity index is 245. The number of hydrogen-bond acceptors (Lipinski definition) is 3. The first kappa shape index (κ1) is 17.9. The smallest absolute Gasteiger partial charge is 0.0478 e. The quantitative estimate of drug-likeness (QED) is 0.658. The Kier molecular flexibility index (Phi) is 8.74. The van der Waals surface area contributed by atoms with Gasteiger partial charge in [-0.15, -0.1) is 0 Å². The van der Waals surface area contributed by atoms with Crippen molar-refractivity contribution in [2.24, 2.45) is 11.8 Å². The van der Waals surface area contributed by atoms with Gasteiger partial charge < -0.3 is 10.1 Å². The predicted molar refractivity (Wildman–Crippen MR) is 87.2 cm³/mol. The summed E-state index contributed by atoms with van der Waals surface area (Å²) in [5.41, 5.74) is 0. The van der Waals surface area contributed by atoms with Crippen molar-refractivity contribution in [1.82, 2.24) is 10.2 Å². The molecule has 1 fully saturated rings. The predicted octanol–water partition coefficient (Wildman–Crippen LogP) is 3.15. The number of rotatable bonds is 9. The van der Waals surface area contributed by atoms with Crippen LogP contribution in [0.4, 0.5) is 0 Å². The molecule has 120 valence electrons. The van der Waals surface area contributed by atoms with Gasteiger partial charge in [-0.1, -0.05) is 41.0 Å². The lowest BCUT2D eigenvalue weighted by Crippen LogP contribution is -2.60. The van der Waals surface area contributed by atoms with Gasteiger partial charge in [-0.05, 0) is 24.7 Å². The van der Waals surface area contributed by atoms with E-state index in [1.54, 1.807) is 0 Å². The molecule has 3 heteroatoms. The van der Waals surface area contributed by atoms with E-state index in [2.05, 4.69) is 44.8 Å². The number of hydrogen-bond donors (Lipinski definition) is 1. The maximum absolute atomic E-state index is 5.62. The SMILES string of the molecule is CCCOCCCN1CC(C(C)CC)NCC1C(C)C. The minimum absolute atomic E-state index is 0.659. The first-order valence-electron chi connectivity index (χ1n) is 8.65. The summed E-state index contributed by atoms with van der Waals surface area (Å²) in [5.74, 6) is 1.49. The van der Waals surface area contributed by atoms with Crippen molar-refractivity contribution in [1.29, 1.82) is 0 Å². The Morgan fingerprint density at radius 1 is 1.20 bits per heavy atom. The van der Waals surface area contributed by atoms with Crippen LogP contribution in [0.2, 0.25) is 0 Å². The second kappa shape index (κ2) is 9.75. The topological polar surface area (TPSA) is 24.5 Å². The summed E-state index contributed by atoms with van der Waals surface area (Å²) in [6.45, 7) is 16.9. The van der Waals surface area contributed by atoms with Gasteiger partial charge in [-0.25, -0.2) is 0 Å². The van der Waals surface area contributed by atoms with E-state index in [-0.39, 0.29) is 0 Å². The van der Waals surface area contributed by atoms with Crippen LogP contribution >= 0.6 is 0 Å². The number of nitrogens with one attached hydrogen (secondary N) is 1. The van der Waals surface area contributed by atoms with Crippen molar-refractivity contribution in [3.8, 4) is 0 Å². The zero-order valence-electron chi connectivity index (χ0n) is 14.3. The third-order valence-electron chi connectivity index (χ3n) is 4.67. The number of ether oxygens (including phenoxy) is 1. The fraction of sp³-hybridized carbons (Fsp3) is 1.00. The minimum atomic E-state index is 0.659. The van der Waals surface area contributed by atoms with Gasteiger partial charge in [0.2, 0.25) is 0 Å². The van der Waals surface area contributed by atoms with E-state index >= 15 is 0 Å². The van der Waals surface area contributed by atoms with Gasteiger partial charge in [0.1, 0.15) is 0 Å². The van der Waals surface area contributed by atoms with Crippen LogP contribution in [0.5, 0.6) is 0 Å². The van der Waals surface area contributed by atoms with Crippen LogP contribution < -0.4 is 5.32 Å². The normalized spacial score (nSPS) is 26.1. The largest absolute Gasteiger partial charge is 0.381 e. The van der Waals surface area contributed by atoms with Crippen molar-refractivity contribution in [2.75, 3.05) is 32.8 Å². The van der Waals surface area contributed by atoms with Gasteiger partial charge in [0.05, 0.1) is 0 Å². The summed E-state index contributed by atoms with van der Waals surface area (Å²) in [4.78, 5) is 2.70. The highest BCUT2D eigenvalue weighted by Crippen LogP contribution is 2.20. The molecule has 0 aliphatic carbocycles. The number of nitrogens with zero attached hydrogens (tertiary/aromatic N) is 1. The molecule has 3 atom stereocenters. The molecule has 0 aromatic rings. The van der Waals surface area contributed by atoms with Gasteiger partial charge in [0.25, 0.3) is 0 Å². The fourth-order valence-corrected chi connectivity index (χ4v) is 3.05. The molecule has 1 N–H and O–H groups in total. The van der Waals surface area contributed by atoms with Crippen molar-refractivity contribution < 1.29 is 4.74 Å². The van der Waals surface area contributed by atoms with Crippen LogP contribution in [0.3, 0.4) is 0 Å². The highest BCUT2D eigenvalue weighted by Gasteiger charge is 2.31. The summed E-state index contributed by atoms with van der Waals surface area (Å²) >= 11 is 0. The van der Waals surface area contributed by atoms with Crippen LogP contribution in [0.25, 0.3) is 0 Å². The van der Waals surface area contributed by atoms with Gasteiger partial charge in [-0.3, -0.25) is 4.90 Å². The molecule has 20 heavy (non-hydrogen) atoms. The van der Waals surface area contributed by atoms with Crippen molar-refractivity contribution in [3.63, 3.8) is 0 Å². The summed E-state index contributed by atoms with van der Waals surface area (Å²) in [6, 6.07) is 1.34. The van der Waals surface area contributed by atoms with Gasteiger partial charge in [-0.2, -0.15) is 0 Å². The molecule has 0 bridgehead atoms. The molecule has 0 aromatic heterocycles. The maximum atomic E-state index is 5.62. The Balaban J connectivity index is 2.42. The molecule has 3 unspecified atom stereocenters. The Morgan fingerprint density at radius 2 is 1.95 bits per heavy atom. The Morgan fingerprint density at radius 3 is 2.55 bits per heavy atom. The third kappa shape index (κ3) is 5.71. The Hall–Kier alpha value is -0.120.